The summed E-state index contributed by atoms with van der Waals surface area (Å²) in [4.78, 5) is 4.26. The lowest BCUT2D eigenvalue weighted by atomic mass is 10.2. The van der Waals surface area contributed by atoms with Crippen molar-refractivity contribution in [1.82, 2.24) is 4.98 Å². The molecule has 0 aliphatic heterocycles. The number of ether oxygens (including phenoxy) is 2. The Morgan fingerprint density at radius 1 is 1.15 bits per heavy atom. The number of rotatable bonds is 5. The molecule has 20 heavy (non-hydrogen) atoms. The van der Waals surface area contributed by atoms with Crippen LogP contribution >= 0.6 is 11.6 Å². The fraction of sp³-hybridized carbons (Fsp3) is 0.267. The Balaban J connectivity index is 2.17. The molecule has 0 bridgehead atoms. The van der Waals surface area contributed by atoms with Gasteiger partial charge in [-0.05, 0) is 18.6 Å². The van der Waals surface area contributed by atoms with Crippen molar-refractivity contribution in [3.63, 3.8) is 0 Å². The normalized spacial score (nSPS) is 10.2. The van der Waals surface area contributed by atoms with Gasteiger partial charge in [-0.25, -0.2) is 0 Å². The molecule has 0 unspecified atom stereocenters. The van der Waals surface area contributed by atoms with Gasteiger partial charge in [-0.2, -0.15) is 0 Å². The first kappa shape index (κ1) is 14.5. The molecule has 1 aromatic carbocycles. The molecule has 2 aromatic rings. The van der Waals surface area contributed by atoms with E-state index in [0.29, 0.717) is 23.1 Å². The zero-order chi connectivity index (χ0) is 14.5. The van der Waals surface area contributed by atoms with Crippen LogP contribution in [0.4, 0.5) is 5.69 Å². The quantitative estimate of drug-likeness (QED) is 0.913. The molecule has 0 fully saturated rings. The standard InChI is InChI=1S/C15H17ClN2O2/c1-10-4-5-11(8-17-10)9-18-13-7-14(19-2)12(16)6-15(13)20-3/h4-8,18H,9H2,1-3H3. The Morgan fingerprint density at radius 3 is 2.50 bits per heavy atom. The average Bonchev–Trinajstić information content (AvgIpc) is 2.47. The van der Waals surface area contributed by atoms with Crippen LogP contribution in [0.3, 0.4) is 0 Å². The van der Waals surface area contributed by atoms with Gasteiger partial charge in [-0.15, -0.1) is 0 Å². The molecule has 5 heteroatoms. The number of pyridine rings is 1. The Morgan fingerprint density at radius 2 is 1.90 bits per heavy atom. The van der Waals surface area contributed by atoms with Gasteiger partial charge in [0.2, 0.25) is 0 Å². The number of nitrogens with one attached hydrogen (secondary N) is 1. The van der Waals surface area contributed by atoms with Crippen LogP contribution in [0.5, 0.6) is 11.5 Å². The average molecular weight is 293 g/mol. The van der Waals surface area contributed by atoms with Crippen molar-refractivity contribution in [1.29, 1.82) is 0 Å². The van der Waals surface area contributed by atoms with Crippen LogP contribution in [-0.2, 0) is 6.54 Å². The van der Waals surface area contributed by atoms with Crippen LogP contribution < -0.4 is 14.8 Å². The molecule has 0 radical (unpaired) electrons. The van der Waals surface area contributed by atoms with E-state index in [2.05, 4.69) is 10.3 Å². The molecule has 0 aliphatic carbocycles. The van der Waals surface area contributed by atoms with Gasteiger partial charge in [-0.1, -0.05) is 17.7 Å². The summed E-state index contributed by atoms with van der Waals surface area (Å²) in [5, 5.41) is 3.82. The molecular formula is C15H17ClN2O2. The Bertz CT molecular complexity index is 585. The maximum atomic E-state index is 6.07. The van der Waals surface area contributed by atoms with Gasteiger partial charge in [0.05, 0.1) is 24.9 Å². The molecule has 0 atom stereocenters. The second-order valence-corrected chi connectivity index (χ2v) is 4.76. The number of halogens is 1. The minimum atomic E-state index is 0.520. The van der Waals surface area contributed by atoms with Gasteiger partial charge in [0, 0.05) is 30.6 Å². The number of aryl methyl sites for hydroxylation is 1. The molecule has 106 valence electrons. The molecule has 0 amide bonds. The minimum Gasteiger partial charge on any atom is -0.495 e. The fourth-order valence-corrected chi connectivity index (χ4v) is 2.03. The van der Waals surface area contributed by atoms with Crippen LogP contribution in [0.2, 0.25) is 5.02 Å². The van der Waals surface area contributed by atoms with Crippen molar-refractivity contribution in [2.24, 2.45) is 0 Å². The number of hydrogen-bond donors (Lipinski definition) is 1. The molecule has 0 saturated heterocycles. The highest BCUT2D eigenvalue weighted by Gasteiger charge is 2.09. The molecule has 2 rings (SSSR count). The van der Waals surface area contributed by atoms with Gasteiger partial charge in [0.15, 0.2) is 0 Å². The molecule has 0 spiro atoms. The molecule has 0 saturated carbocycles. The maximum absolute atomic E-state index is 6.07. The minimum absolute atomic E-state index is 0.520. The number of hydrogen-bond acceptors (Lipinski definition) is 4. The first-order valence-electron chi connectivity index (χ1n) is 6.21. The van der Waals surface area contributed by atoms with E-state index in [-0.39, 0.29) is 0 Å². The van der Waals surface area contributed by atoms with Crippen molar-refractivity contribution in [2.75, 3.05) is 19.5 Å². The lowest BCUT2D eigenvalue weighted by Gasteiger charge is -2.14. The first-order chi connectivity index (χ1) is 9.63. The van der Waals surface area contributed by atoms with Crippen molar-refractivity contribution in [3.8, 4) is 11.5 Å². The summed E-state index contributed by atoms with van der Waals surface area (Å²) in [6.07, 6.45) is 1.85. The van der Waals surface area contributed by atoms with Crippen molar-refractivity contribution >= 4 is 17.3 Å². The van der Waals surface area contributed by atoms with Gasteiger partial charge in [-0.3, -0.25) is 4.98 Å². The summed E-state index contributed by atoms with van der Waals surface area (Å²) in [5.74, 6) is 1.29. The highest BCUT2D eigenvalue weighted by molar-refractivity contribution is 6.32. The zero-order valence-electron chi connectivity index (χ0n) is 11.7. The molecule has 0 aliphatic rings. The number of aromatic nitrogens is 1. The summed E-state index contributed by atoms with van der Waals surface area (Å²) in [6, 6.07) is 7.57. The highest BCUT2D eigenvalue weighted by atomic mass is 35.5. The lowest BCUT2D eigenvalue weighted by Crippen LogP contribution is -2.02. The van der Waals surface area contributed by atoms with Crippen LogP contribution in [-0.4, -0.2) is 19.2 Å². The molecule has 1 aromatic heterocycles. The van der Waals surface area contributed by atoms with Crippen molar-refractivity contribution < 1.29 is 9.47 Å². The summed E-state index contributed by atoms with van der Waals surface area (Å²) in [6.45, 7) is 2.61. The predicted octanol–water partition coefficient (Wildman–Crippen LogP) is 3.67. The molecule has 4 nitrogen and oxygen atoms in total. The number of methoxy groups -OCH3 is 2. The van der Waals surface area contributed by atoms with E-state index in [4.69, 9.17) is 21.1 Å². The lowest BCUT2D eigenvalue weighted by molar-refractivity contribution is 0.404. The maximum Gasteiger partial charge on any atom is 0.143 e. The fourth-order valence-electron chi connectivity index (χ4n) is 1.80. The second-order valence-electron chi connectivity index (χ2n) is 4.35. The van der Waals surface area contributed by atoms with E-state index in [1.54, 1.807) is 20.3 Å². The summed E-state index contributed by atoms with van der Waals surface area (Å²) >= 11 is 6.07. The van der Waals surface area contributed by atoms with E-state index >= 15 is 0 Å². The summed E-state index contributed by atoms with van der Waals surface area (Å²) < 4.78 is 10.5. The summed E-state index contributed by atoms with van der Waals surface area (Å²) in [7, 11) is 3.19. The summed E-state index contributed by atoms with van der Waals surface area (Å²) in [5.41, 5.74) is 2.92. The molecule has 1 heterocycles. The third-order valence-electron chi connectivity index (χ3n) is 2.93. The Hall–Kier alpha value is -1.94. The molecule has 1 N–H and O–H groups in total. The van der Waals surface area contributed by atoms with E-state index in [1.807, 2.05) is 31.3 Å². The smallest absolute Gasteiger partial charge is 0.143 e. The van der Waals surface area contributed by atoms with Gasteiger partial charge >= 0.3 is 0 Å². The van der Waals surface area contributed by atoms with Gasteiger partial charge < -0.3 is 14.8 Å². The first-order valence-corrected chi connectivity index (χ1v) is 6.58. The van der Waals surface area contributed by atoms with E-state index in [1.165, 1.54) is 0 Å². The zero-order valence-corrected chi connectivity index (χ0v) is 12.5. The largest absolute Gasteiger partial charge is 0.495 e. The van der Waals surface area contributed by atoms with Crippen molar-refractivity contribution in [2.45, 2.75) is 13.5 Å². The topological polar surface area (TPSA) is 43.4 Å². The Labute approximate surface area is 123 Å². The monoisotopic (exact) mass is 292 g/mol. The molecular weight excluding hydrogens is 276 g/mol. The van der Waals surface area contributed by atoms with E-state index in [0.717, 1.165) is 16.9 Å². The van der Waals surface area contributed by atoms with Crippen LogP contribution in [0.15, 0.2) is 30.5 Å². The SMILES string of the molecule is COc1cc(NCc2ccc(C)nc2)c(OC)cc1Cl. The van der Waals surface area contributed by atoms with Gasteiger partial charge in [0.1, 0.15) is 11.5 Å². The second kappa shape index (κ2) is 6.48. The number of benzene rings is 1. The van der Waals surface area contributed by atoms with E-state index < -0.39 is 0 Å². The highest BCUT2D eigenvalue weighted by Crippen LogP contribution is 2.35. The van der Waals surface area contributed by atoms with E-state index in [9.17, 15) is 0 Å². The van der Waals surface area contributed by atoms with Gasteiger partial charge in [0.25, 0.3) is 0 Å². The van der Waals surface area contributed by atoms with Crippen molar-refractivity contribution in [3.05, 3.63) is 46.7 Å². The number of anilines is 1. The van der Waals surface area contributed by atoms with Crippen LogP contribution in [0, 0.1) is 6.92 Å². The third-order valence-corrected chi connectivity index (χ3v) is 3.22. The Kier molecular flexibility index (Phi) is 4.69. The third kappa shape index (κ3) is 3.33. The number of nitrogens with zero attached hydrogens (tertiary/aromatic N) is 1. The predicted molar refractivity (Wildman–Crippen MR) is 80.9 cm³/mol. The van der Waals surface area contributed by atoms with Crippen LogP contribution in [0.1, 0.15) is 11.3 Å². The van der Waals surface area contributed by atoms with Crippen LogP contribution in [0.25, 0.3) is 0 Å².